The molecule has 0 fully saturated rings. The summed E-state index contributed by atoms with van der Waals surface area (Å²) in [7, 11) is 0. The predicted octanol–water partition coefficient (Wildman–Crippen LogP) is 3.45. The number of hydrogen-bond donors (Lipinski definition) is 1. The molecule has 0 saturated heterocycles. The Morgan fingerprint density at radius 1 is 1.36 bits per heavy atom. The molecule has 0 radical (unpaired) electrons. The number of nitro groups is 1. The number of nitro benzene ring substituents is 1. The van der Waals surface area contributed by atoms with E-state index in [0.717, 1.165) is 12.8 Å². The van der Waals surface area contributed by atoms with Gasteiger partial charge in [-0.3, -0.25) is 19.7 Å². The lowest BCUT2D eigenvalue weighted by molar-refractivity contribution is -0.385. The van der Waals surface area contributed by atoms with E-state index in [4.69, 9.17) is 0 Å². The molecular formula is C20H23N3O4S. The van der Waals surface area contributed by atoms with Crippen molar-refractivity contribution in [3.63, 3.8) is 0 Å². The second-order valence-electron chi connectivity index (χ2n) is 6.95. The Balaban J connectivity index is 1.72. The van der Waals surface area contributed by atoms with Gasteiger partial charge in [0.1, 0.15) is 6.04 Å². The van der Waals surface area contributed by atoms with Crippen molar-refractivity contribution in [1.29, 1.82) is 0 Å². The van der Waals surface area contributed by atoms with E-state index in [1.807, 2.05) is 18.4 Å². The van der Waals surface area contributed by atoms with Gasteiger partial charge < -0.3 is 10.2 Å². The Labute approximate surface area is 167 Å². The summed E-state index contributed by atoms with van der Waals surface area (Å²) in [4.78, 5) is 39.3. The molecule has 0 spiro atoms. The van der Waals surface area contributed by atoms with Crippen LogP contribution in [0.15, 0.2) is 29.6 Å². The molecule has 1 N–H and O–H groups in total. The van der Waals surface area contributed by atoms with Crippen LogP contribution >= 0.6 is 11.3 Å². The largest absolute Gasteiger partial charge is 0.340 e. The van der Waals surface area contributed by atoms with Gasteiger partial charge in [-0.15, -0.1) is 11.3 Å². The normalized spacial score (nSPS) is 14.3. The summed E-state index contributed by atoms with van der Waals surface area (Å²) in [6.07, 6.45) is 2.14. The van der Waals surface area contributed by atoms with E-state index in [1.165, 1.54) is 28.6 Å². The van der Waals surface area contributed by atoms with Gasteiger partial charge in [-0.25, -0.2) is 0 Å². The average Bonchev–Trinajstić information content (AvgIpc) is 3.14. The van der Waals surface area contributed by atoms with E-state index in [1.54, 1.807) is 23.2 Å². The molecule has 2 amide bonds. The van der Waals surface area contributed by atoms with Crippen LogP contribution < -0.4 is 5.32 Å². The summed E-state index contributed by atoms with van der Waals surface area (Å²) in [5.74, 6) is -0.469. The van der Waals surface area contributed by atoms with Crippen LogP contribution in [0.1, 0.15) is 46.1 Å². The number of nitrogens with zero attached hydrogens (tertiary/aromatic N) is 2. The summed E-state index contributed by atoms with van der Waals surface area (Å²) < 4.78 is 0. The van der Waals surface area contributed by atoms with E-state index in [-0.39, 0.29) is 11.6 Å². The first-order valence-corrected chi connectivity index (χ1v) is 10.2. The molecule has 1 unspecified atom stereocenters. The number of carbonyl (C=O) groups is 2. The second-order valence-corrected chi connectivity index (χ2v) is 7.95. The Kier molecular flexibility index (Phi) is 6.08. The van der Waals surface area contributed by atoms with Crippen LogP contribution in [-0.2, 0) is 17.8 Å². The molecule has 7 nitrogen and oxygen atoms in total. The van der Waals surface area contributed by atoms with Gasteiger partial charge in [0, 0.05) is 35.2 Å². The minimum atomic E-state index is -0.604. The fourth-order valence-corrected chi connectivity index (χ4v) is 4.34. The van der Waals surface area contributed by atoms with E-state index in [0.29, 0.717) is 30.6 Å². The molecule has 1 atom stereocenters. The third-order valence-electron chi connectivity index (χ3n) is 4.96. The number of carbonyl (C=O) groups excluding carboxylic acids is 2. The number of rotatable bonds is 6. The zero-order valence-corrected chi connectivity index (χ0v) is 16.8. The van der Waals surface area contributed by atoms with E-state index >= 15 is 0 Å². The molecule has 1 aromatic heterocycles. The van der Waals surface area contributed by atoms with E-state index in [2.05, 4.69) is 5.32 Å². The molecule has 0 saturated carbocycles. The van der Waals surface area contributed by atoms with Crippen molar-refractivity contribution >= 4 is 28.8 Å². The lowest BCUT2D eigenvalue weighted by atomic mass is 10.0. The summed E-state index contributed by atoms with van der Waals surface area (Å²) in [5.41, 5.74) is 1.88. The van der Waals surface area contributed by atoms with Gasteiger partial charge in [-0.1, -0.05) is 13.3 Å². The van der Waals surface area contributed by atoms with Crippen molar-refractivity contribution < 1.29 is 14.5 Å². The van der Waals surface area contributed by atoms with Crippen molar-refractivity contribution in [2.75, 3.05) is 6.54 Å². The summed E-state index contributed by atoms with van der Waals surface area (Å²) in [6.45, 7) is 4.79. The lowest BCUT2D eigenvalue weighted by Gasteiger charge is -2.31. The van der Waals surface area contributed by atoms with Gasteiger partial charge in [0.2, 0.25) is 5.91 Å². The molecule has 8 heteroatoms. The van der Waals surface area contributed by atoms with Gasteiger partial charge in [0.05, 0.1) is 4.92 Å². The third kappa shape index (κ3) is 4.22. The summed E-state index contributed by atoms with van der Waals surface area (Å²) in [5, 5.41) is 15.8. The van der Waals surface area contributed by atoms with Crippen molar-refractivity contribution in [2.45, 2.75) is 45.7 Å². The number of hydrogen-bond acceptors (Lipinski definition) is 5. The van der Waals surface area contributed by atoms with Crippen LogP contribution in [0.3, 0.4) is 0 Å². The zero-order chi connectivity index (χ0) is 20.3. The van der Waals surface area contributed by atoms with E-state index in [9.17, 15) is 19.7 Å². The van der Waals surface area contributed by atoms with Crippen LogP contribution in [0.5, 0.6) is 0 Å². The molecule has 3 rings (SSSR count). The van der Waals surface area contributed by atoms with Crippen LogP contribution in [0, 0.1) is 17.0 Å². The maximum absolute atomic E-state index is 13.0. The Hall–Kier alpha value is -2.74. The first kappa shape index (κ1) is 20.0. The average molecular weight is 401 g/mol. The van der Waals surface area contributed by atoms with Gasteiger partial charge >= 0.3 is 0 Å². The monoisotopic (exact) mass is 401 g/mol. The summed E-state index contributed by atoms with van der Waals surface area (Å²) in [6, 6.07) is 5.68. The lowest BCUT2D eigenvalue weighted by Crippen LogP contribution is -2.49. The van der Waals surface area contributed by atoms with Crippen molar-refractivity contribution in [1.82, 2.24) is 10.2 Å². The number of fused-ring (bicyclic) bond motifs is 1. The van der Waals surface area contributed by atoms with Crippen LogP contribution in [0.25, 0.3) is 0 Å². The topological polar surface area (TPSA) is 92.5 Å². The fraction of sp³-hybridized carbons (Fsp3) is 0.400. The molecule has 1 aliphatic rings. The first-order valence-electron chi connectivity index (χ1n) is 9.30. The van der Waals surface area contributed by atoms with Crippen molar-refractivity contribution in [3.8, 4) is 0 Å². The molecule has 1 aliphatic heterocycles. The SMILES string of the molecule is CCCC(NC(=O)c1ccc([N+](=O)[O-])c(C)c1)C(=O)N1CCc2sccc2C1. The molecule has 2 heterocycles. The highest BCUT2D eigenvalue weighted by Gasteiger charge is 2.29. The third-order valence-corrected chi connectivity index (χ3v) is 5.98. The highest BCUT2D eigenvalue weighted by molar-refractivity contribution is 7.10. The summed E-state index contributed by atoms with van der Waals surface area (Å²) >= 11 is 1.71. The zero-order valence-electron chi connectivity index (χ0n) is 15.9. The smallest absolute Gasteiger partial charge is 0.272 e. The molecule has 0 bridgehead atoms. The second kappa shape index (κ2) is 8.52. The number of benzene rings is 1. The highest BCUT2D eigenvalue weighted by Crippen LogP contribution is 2.25. The van der Waals surface area contributed by atoms with Crippen molar-refractivity contribution in [2.24, 2.45) is 0 Å². The standard InChI is InChI=1S/C20H23N3O4S/c1-3-4-16(20(25)22-9-7-18-15(12-22)8-10-28-18)21-19(24)14-5-6-17(23(26)27)13(2)11-14/h5-6,8,10-11,16H,3-4,7,9,12H2,1-2H3,(H,21,24). The Morgan fingerprint density at radius 2 is 2.14 bits per heavy atom. The van der Waals surface area contributed by atoms with Gasteiger partial charge in [-0.2, -0.15) is 0 Å². The molecule has 148 valence electrons. The number of amides is 2. The Morgan fingerprint density at radius 3 is 2.82 bits per heavy atom. The molecular weight excluding hydrogens is 378 g/mol. The predicted molar refractivity (Wildman–Crippen MR) is 107 cm³/mol. The van der Waals surface area contributed by atoms with Gasteiger partial charge in [-0.05, 0) is 48.9 Å². The van der Waals surface area contributed by atoms with E-state index < -0.39 is 16.9 Å². The van der Waals surface area contributed by atoms with Crippen molar-refractivity contribution in [3.05, 3.63) is 61.3 Å². The molecule has 28 heavy (non-hydrogen) atoms. The minimum Gasteiger partial charge on any atom is -0.340 e. The fourth-order valence-electron chi connectivity index (χ4n) is 3.45. The first-order chi connectivity index (χ1) is 13.4. The highest BCUT2D eigenvalue weighted by atomic mass is 32.1. The van der Waals surface area contributed by atoms with Crippen LogP contribution in [0.2, 0.25) is 0 Å². The molecule has 2 aromatic rings. The van der Waals surface area contributed by atoms with Crippen LogP contribution in [0.4, 0.5) is 5.69 Å². The maximum atomic E-state index is 13.0. The molecule has 1 aromatic carbocycles. The quantitative estimate of drug-likeness (QED) is 0.593. The number of nitrogens with one attached hydrogen (secondary N) is 1. The van der Waals surface area contributed by atoms with Crippen LogP contribution in [-0.4, -0.2) is 34.2 Å². The number of thiophene rings is 1. The maximum Gasteiger partial charge on any atom is 0.272 e. The minimum absolute atomic E-state index is 0.0300. The van der Waals surface area contributed by atoms with Gasteiger partial charge in [0.15, 0.2) is 0 Å². The molecule has 0 aliphatic carbocycles. The van der Waals surface area contributed by atoms with Gasteiger partial charge in [0.25, 0.3) is 11.6 Å². The number of aryl methyl sites for hydroxylation is 1. The Bertz CT molecular complexity index is 909.